The van der Waals surface area contributed by atoms with E-state index in [1.165, 1.54) is 44.0 Å². The zero-order chi connectivity index (χ0) is 16.0. The maximum atomic E-state index is 2.33. The summed E-state index contributed by atoms with van der Waals surface area (Å²) >= 11 is 0. The van der Waals surface area contributed by atoms with Crippen molar-refractivity contribution < 1.29 is 0 Å². The van der Waals surface area contributed by atoms with Crippen molar-refractivity contribution in [2.45, 2.75) is 13.8 Å². The van der Waals surface area contributed by atoms with Gasteiger partial charge in [0, 0.05) is 39.6 Å². The Morgan fingerprint density at radius 2 is 1.27 bits per heavy atom. The van der Waals surface area contributed by atoms with Gasteiger partial charge in [-0.05, 0) is 76.9 Å². The van der Waals surface area contributed by atoms with E-state index in [1.807, 2.05) is 0 Å². The van der Waals surface area contributed by atoms with Gasteiger partial charge in [-0.3, -0.25) is 0 Å². The number of hydrogen-bond donors (Lipinski definition) is 0. The predicted molar refractivity (Wildman–Crippen MR) is 99.6 cm³/mol. The monoisotopic (exact) mass is 292 g/mol. The normalized spacial score (nSPS) is 11.2. The van der Waals surface area contributed by atoms with Crippen LogP contribution in [0.3, 0.4) is 0 Å². The van der Waals surface area contributed by atoms with Crippen LogP contribution in [-0.4, -0.2) is 28.2 Å². The predicted octanol–water partition coefficient (Wildman–Crippen LogP) is 4.74. The SMILES string of the molecule is Cc1cc2cc3c(C)c(N(C)C)ccc3cc2cc1N(C)C. The van der Waals surface area contributed by atoms with Gasteiger partial charge < -0.3 is 9.80 Å². The molecule has 0 heterocycles. The highest BCUT2D eigenvalue weighted by molar-refractivity contribution is 6.02. The van der Waals surface area contributed by atoms with E-state index in [4.69, 9.17) is 0 Å². The van der Waals surface area contributed by atoms with E-state index in [0.29, 0.717) is 0 Å². The quantitative estimate of drug-likeness (QED) is 0.629. The van der Waals surface area contributed by atoms with Crippen molar-refractivity contribution in [3.63, 3.8) is 0 Å². The first-order valence-electron chi connectivity index (χ1n) is 7.71. The largest absolute Gasteiger partial charge is 0.377 e. The van der Waals surface area contributed by atoms with Crippen molar-refractivity contribution in [1.29, 1.82) is 0 Å². The Kier molecular flexibility index (Phi) is 3.48. The van der Waals surface area contributed by atoms with E-state index < -0.39 is 0 Å². The average Bonchev–Trinajstić information content (AvgIpc) is 2.45. The molecule has 0 saturated carbocycles. The topological polar surface area (TPSA) is 6.48 Å². The second kappa shape index (κ2) is 5.20. The number of anilines is 2. The maximum absolute atomic E-state index is 2.33. The van der Waals surface area contributed by atoms with Gasteiger partial charge in [0.05, 0.1) is 0 Å². The molecule has 0 N–H and O–H groups in total. The molecule has 3 rings (SSSR count). The minimum atomic E-state index is 1.29. The van der Waals surface area contributed by atoms with Gasteiger partial charge >= 0.3 is 0 Å². The molecule has 0 aromatic heterocycles. The maximum Gasteiger partial charge on any atom is 0.0397 e. The number of benzene rings is 3. The third-order valence-electron chi connectivity index (χ3n) is 4.50. The molecule has 0 spiro atoms. The highest BCUT2D eigenvalue weighted by Gasteiger charge is 2.09. The van der Waals surface area contributed by atoms with Crippen LogP contribution in [0.2, 0.25) is 0 Å². The van der Waals surface area contributed by atoms with Crippen LogP contribution in [0.5, 0.6) is 0 Å². The number of aryl methyl sites for hydroxylation is 2. The van der Waals surface area contributed by atoms with Crippen molar-refractivity contribution in [2.24, 2.45) is 0 Å². The molecule has 0 saturated heterocycles. The molecule has 0 aliphatic rings. The van der Waals surface area contributed by atoms with Crippen LogP contribution in [0.15, 0.2) is 36.4 Å². The fourth-order valence-corrected chi connectivity index (χ4v) is 3.33. The summed E-state index contributed by atoms with van der Waals surface area (Å²) in [5.74, 6) is 0. The van der Waals surface area contributed by atoms with Crippen molar-refractivity contribution in [2.75, 3.05) is 38.0 Å². The smallest absolute Gasteiger partial charge is 0.0397 e. The van der Waals surface area contributed by atoms with Crippen LogP contribution in [0, 0.1) is 13.8 Å². The van der Waals surface area contributed by atoms with Gasteiger partial charge in [-0.1, -0.05) is 6.07 Å². The van der Waals surface area contributed by atoms with Crippen molar-refractivity contribution in [3.05, 3.63) is 47.5 Å². The summed E-state index contributed by atoms with van der Waals surface area (Å²) in [6.07, 6.45) is 0. The molecule has 0 radical (unpaired) electrons. The second-order valence-corrected chi connectivity index (χ2v) is 6.56. The summed E-state index contributed by atoms with van der Waals surface area (Å²) in [4.78, 5) is 4.36. The van der Waals surface area contributed by atoms with Crippen LogP contribution in [-0.2, 0) is 0 Å². The molecular formula is C20H24N2. The van der Waals surface area contributed by atoms with Crippen LogP contribution in [0.4, 0.5) is 11.4 Å². The van der Waals surface area contributed by atoms with Crippen LogP contribution >= 0.6 is 0 Å². The van der Waals surface area contributed by atoms with E-state index in [2.05, 4.69) is 88.2 Å². The summed E-state index contributed by atoms with van der Waals surface area (Å²) in [5, 5.41) is 5.27. The van der Waals surface area contributed by atoms with Crippen LogP contribution in [0.25, 0.3) is 21.5 Å². The first-order valence-corrected chi connectivity index (χ1v) is 7.71. The lowest BCUT2D eigenvalue weighted by molar-refractivity contribution is 1.12. The Bertz CT molecular complexity index is 855. The summed E-state index contributed by atoms with van der Waals surface area (Å²) < 4.78 is 0. The highest BCUT2D eigenvalue weighted by atomic mass is 15.1. The molecule has 0 amide bonds. The molecule has 2 nitrogen and oxygen atoms in total. The molecular weight excluding hydrogens is 268 g/mol. The fraction of sp³-hybridized carbons (Fsp3) is 0.300. The standard InChI is InChI=1S/C20H24N2/c1-13-9-16-11-18-14(2)19(21(3)4)8-7-15(18)10-17(16)12-20(13)22(5)6/h7-12H,1-6H3. The Morgan fingerprint density at radius 1 is 0.636 bits per heavy atom. The molecule has 3 aromatic carbocycles. The zero-order valence-corrected chi connectivity index (χ0v) is 14.4. The molecule has 22 heavy (non-hydrogen) atoms. The second-order valence-electron chi connectivity index (χ2n) is 6.56. The Labute approximate surface area is 133 Å². The third-order valence-corrected chi connectivity index (χ3v) is 4.50. The molecule has 0 unspecified atom stereocenters. The molecule has 0 fully saturated rings. The summed E-state index contributed by atoms with van der Waals surface area (Å²) in [5.41, 5.74) is 5.24. The van der Waals surface area contributed by atoms with Gasteiger partial charge in [-0.15, -0.1) is 0 Å². The lowest BCUT2D eigenvalue weighted by atomic mass is 9.97. The van der Waals surface area contributed by atoms with Crippen LogP contribution in [0.1, 0.15) is 11.1 Å². The molecule has 0 aliphatic carbocycles. The van der Waals surface area contributed by atoms with Crippen molar-refractivity contribution >= 4 is 32.9 Å². The van der Waals surface area contributed by atoms with Gasteiger partial charge in [0.15, 0.2) is 0 Å². The van der Waals surface area contributed by atoms with E-state index in [-0.39, 0.29) is 0 Å². The minimum Gasteiger partial charge on any atom is -0.377 e. The number of nitrogens with zero attached hydrogens (tertiary/aromatic N) is 2. The van der Waals surface area contributed by atoms with Gasteiger partial charge in [-0.2, -0.15) is 0 Å². The van der Waals surface area contributed by atoms with Crippen molar-refractivity contribution in [1.82, 2.24) is 0 Å². The molecule has 2 heteroatoms. The summed E-state index contributed by atoms with van der Waals surface area (Å²) in [7, 11) is 8.40. The third kappa shape index (κ3) is 2.29. The number of rotatable bonds is 2. The summed E-state index contributed by atoms with van der Waals surface area (Å²) in [6.45, 7) is 4.40. The van der Waals surface area contributed by atoms with Gasteiger partial charge in [0.25, 0.3) is 0 Å². The summed E-state index contributed by atoms with van der Waals surface area (Å²) in [6, 6.07) is 13.7. The molecule has 3 aromatic rings. The van der Waals surface area contributed by atoms with Crippen LogP contribution < -0.4 is 9.80 Å². The van der Waals surface area contributed by atoms with Gasteiger partial charge in [-0.25, -0.2) is 0 Å². The minimum absolute atomic E-state index is 1.29. The lowest BCUT2D eigenvalue weighted by Gasteiger charge is -2.19. The van der Waals surface area contributed by atoms with Crippen molar-refractivity contribution in [3.8, 4) is 0 Å². The average molecular weight is 292 g/mol. The first-order chi connectivity index (χ1) is 10.4. The Balaban J connectivity index is 2.33. The first kappa shape index (κ1) is 14.7. The molecule has 0 atom stereocenters. The molecule has 0 bridgehead atoms. The molecule has 114 valence electrons. The Hall–Kier alpha value is -2.22. The Morgan fingerprint density at radius 3 is 1.91 bits per heavy atom. The van der Waals surface area contributed by atoms with E-state index in [9.17, 15) is 0 Å². The van der Waals surface area contributed by atoms with E-state index >= 15 is 0 Å². The zero-order valence-electron chi connectivity index (χ0n) is 14.4. The highest BCUT2D eigenvalue weighted by Crippen LogP contribution is 2.33. The lowest BCUT2D eigenvalue weighted by Crippen LogP contribution is -2.10. The molecule has 0 aliphatic heterocycles. The fourth-order valence-electron chi connectivity index (χ4n) is 3.33. The van der Waals surface area contributed by atoms with E-state index in [0.717, 1.165) is 0 Å². The van der Waals surface area contributed by atoms with E-state index in [1.54, 1.807) is 0 Å². The van der Waals surface area contributed by atoms with Gasteiger partial charge in [0.1, 0.15) is 0 Å². The van der Waals surface area contributed by atoms with Gasteiger partial charge in [0.2, 0.25) is 0 Å². The number of fused-ring (bicyclic) bond motifs is 2. The number of hydrogen-bond acceptors (Lipinski definition) is 2.